The van der Waals surface area contributed by atoms with Gasteiger partial charge in [0.1, 0.15) is 5.82 Å². The van der Waals surface area contributed by atoms with E-state index in [1.54, 1.807) is 12.1 Å². The summed E-state index contributed by atoms with van der Waals surface area (Å²) >= 11 is 1.37. The van der Waals surface area contributed by atoms with E-state index in [0.717, 1.165) is 29.3 Å². The lowest BCUT2D eigenvalue weighted by molar-refractivity contribution is 0.0945. The second-order valence-corrected chi connectivity index (χ2v) is 6.53. The molecule has 0 unspecified atom stereocenters. The summed E-state index contributed by atoms with van der Waals surface area (Å²) in [5.41, 5.74) is 0.104. The fraction of sp³-hybridized carbons (Fsp3) is 0.400. The van der Waals surface area contributed by atoms with Crippen LogP contribution in [-0.2, 0) is 0 Å². The van der Waals surface area contributed by atoms with Gasteiger partial charge in [-0.15, -0.1) is 11.3 Å². The maximum Gasteiger partial charge on any atom is 0.261 e. The minimum atomic E-state index is -0.290. The molecular formula is C15H16FNO2S. The van der Waals surface area contributed by atoms with Crippen LogP contribution in [0, 0.1) is 11.2 Å². The van der Waals surface area contributed by atoms with Gasteiger partial charge in [-0.2, -0.15) is 0 Å². The van der Waals surface area contributed by atoms with Crippen LogP contribution < -0.4 is 5.32 Å². The summed E-state index contributed by atoms with van der Waals surface area (Å²) in [5.74, 6) is -0.405. The Bertz CT molecular complexity index is 648. The molecule has 1 aliphatic carbocycles. The maximum atomic E-state index is 13.1. The van der Waals surface area contributed by atoms with Gasteiger partial charge < -0.3 is 10.4 Å². The summed E-state index contributed by atoms with van der Waals surface area (Å²) in [5, 5.41) is 12.7. The van der Waals surface area contributed by atoms with E-state index < -0.39 is 0 Å². The van der Waals surface area contributed by atoms with Crippen molar-refractivity contribution in [3.63, 3.8) is 0 Å². The Balaban J connectivity index is 1.69. The van der Waals surface area contributed by atoms with Crippen molar-refractivity contribution in [1.82, 2.24) is 5.32 Å². The van der Waals surface area contributed by atoms with Gasteiger partial charge in [0.2, 0.25) is 0 Å². The number of carbonyl (C=O) groups is 1. The highest BCUT2D eigenvalue weighted by Crippen LogP contribution is 2.47. The molecule has 3 nitrogen and oxygen atoms in total. The molecule has 1 aromatic carbocycles. The van der Waals surface area contributed by atoms with Gasteiger partial charge >= 0.3 is 0 Å². The Kier molecular flexibility index (Phi) is 3.48. The Labute approximate surface area is 120 Å². The molecule has 3 rings (SSSR count). The molecule has 20 heavy (non-hydrogen) atoms. The monoisotopic (exact) mass is 293 g/mol. The zero-order valence-electron chi connectivity index (χ0n) is 11.0. The number of aliphatic hydroxyl groups excluding tert-OH is 1. The minimum absolute atomic E-state index is 0.104. The highest BCUT2D eigenvalue weighted by Gasteiger charge is 2.41. The number of fused-ring (bicyclic) bond motifs is 1. The molecule has 0 spiro atoms. The summed E-state index contributed by atoms with van der Waals surface area (Å²) < 4.78 is 14.0. The molecular weight excluding hydrogens is 277 g/mol. The van der Waals surface area contributed by atoms with E-state index in [0.29, 0.717) is 11.4 Å². The van der Waals surface area contributed by atoms with Crippen LogP contribution in [0.2, 0.25) is 0 Å². The molecule has 0 radical (unpaired) electrons. The van der Waals surface area contributed by atoms with Gasteiger partial charge in [0.15, 0.2) is 0 Å². The van der Waals surface area contributed by atoms with Crippen LogP contribution in [-0.4, -0.2) is 24.2 Å². The van der Waals surface area contributed by atoms with Crippen LogP contribution in [0.3, 0.4) is 0 Å². The van der Waals surface area contributed by atoms with Gasteiger partial charge in [-0.1, -0.05) is 0 Å². The number of thiophene rings is 1. The van der Waals surface area contributed by atoms with Crippen molar-refractivity contribution in [2.75, 3.05) is 13.2 Å². The summed E-state index contributed by atoms with van der Waals surface area (Å²) in [6, 6.07) is 6.27. The predicted octanol–water partition coefficient (Wildman–Crippen LogP) is 2.93. The molecule has 1 aromatic heterocycles. The standard InChI is InChI=1S/C15H16FNO2S/c16-11-1-2-12-10(7-11)8-13(20-12)14(19)17-9-15(3-4-15)5-6-18/h1-2,7-8,18H,3-6,9H2,(H,17,19). The highest BCUT2D eigenvalue weighted by atomic mass is 32.1. The van der Waals surface area contributed by atoms with E-state index in [1.807, 2.05) is 0 Å². The second kappa shape index (κ2) is 5.14. The Hall–Kier alpha value is -1.46. The van der Waals surface area contributed by atoms with Crippen LogP contribution in [0.4, 0.5) is 4.39 Å². The zero-order chi connectivity index (χ0) is 14.2. The maximum absolute atomic E-state index is 13.1. The Morgan fingerprint density at radius 2 is 2.20 bits per heavy atom. The summed E-state index contributed by atoms with van der Waals surface area (Å²) in [6.07, 6.45) is 2.86. The van der Waals surface area contributed by atoms with Crippen LogP contribution in [0.15, 0.2) is 24.3 Å². The summed E-state index contributed by atoms with van der Waals surface area (Å²) in [6.45, 7) is 0.771. The quantitative estimate of drug-likeness (QED) is 0.890. The summed E-state index contributed by atoms with van der Waals surface area (Å²) in [7, 11) is 0. The number of aliphatic hydroxyl groups is 1. The Morgan fingerprint density at radius 3 is 2.90 bits per heavy atom. The van der Waals surface area contributed by atoms with E-state index in [2.05, 4.69) is 5.32 Å². The second-order valence-electron chi connectivity index (χ2n) is 5.45. The first kappa shape index (κ1) is 13.5. The predicted molar refractivity (Wildman–Crippen MR) is 77.5 cm³/mol. The van der Waals surface area contributed by atoms with Crippen LogP contribution >= 0.6 is 11.3 Å². The van der Waals surface area contributed by atoms with Crippen molar-refractivity contribution < 1.29 is 14.3 Å². The third-order valence-corrected chi connectivity index (χ3v) is 5.04. The minimum Gasteiger partial charge on any atom is -0.396 e. The van der Waals surface area contributed by atoms with Crippen molar-refractivity contribution in [3.05, 3.63) is 35.0 Å². The molecule has 1 saturated carbocycles. The molecule has 2 aromatic rings. The molecule has 1 aliphatic rings. The molecule has 0 saturated heterocycles. The van der Waals surface area contributed by atoms with E-state index in [9.17, 15) is 9.18 Å². The first-order valence-electron chi connectivity index (χ1n) is 6.70. The van der Waals surface area contributed by atoms with Crippen LogP contribution in [0.1, 0.15) is 28.9 Å². The molecule has 1 heterocycles. The number of rotatable bonds is 5. The molecule has 0 aliphatic heterocycles. The van der Waals surface area contributed by atoms with Crippen LogP contribution in [0.25, 0.3) is 10.1 Å². The SMILES string of the molecule is O=C(NCC1(CCO)CC1)c1cc2cc(F)ccc2s1. The van der Waals surface area contributed by atoms with Gasteiger partial charge in [-0.3, -0.25) is 4.79 Å². The van der Waals surface area contributed by atoms with Crippen molar-refractivity contribution in [2.45, 2.75) is 19.3 Å². The number of amides is 1. The number of halogens is 1. The average Bonchev–Trinajstić information content (AvgIpc) is 3.06. The molecule has 1 fully saturated rings. The van der Waals surface area contributed by atoms with E-state index in [4.69, 9.17) is 5.11 Å². The fourth-order valence-corrected chi connectivity index (χ4v) is 3.37. The third kappa shape index (κ3) is 2.69. The van der Waals surface area contributed by atoms with E-state index in [1.165, 1.54) is 23.5 Å². The molecule has 5 heteroatoms. The average molecular weight is 293 g/mol. The number of benzene rings is 1. The first-order valence-corrected chi connectivity index (χ1v) is 7.52. The lowest BCUT2D eigenvalue weighted by Gasteiger charge is -2.13. The lowest BCUT2D eigenvalue weighted by atomic mass is 10.0. The van der Waals surface area contributed by atoms with Gasteiger partial charge in [0.25, 0.3) is 5.91 Å². The highest BCUT2D eigenvalue weighted by molar-refractivity contribution is 7.20. The number of hydrogen-bond donors (Lipinski definition) is 2. The van der Waals surface area contributed by atoms with Gasteiger partial charge in [0.05, 0.1) is 4.88 Å². The lowest BCUT2D eigenvalue weighted by Crippen LogP contribution is -2.30. The van der Waals surface area contributed by atoms with Crippen molar-refractivity contribution >= 4 is 27.3 Å². The van der Waals surface area contributed by atoms with Gasteiger partial charge in [0, 0.05) is 17.9 Å². The number of hydrogen-bond acceptors (Lipinski definition) is 3. The smallest absolute Gasteiger partial charge is 0.261 e. The number of nitrogens with one attached hydrogen (secondary N) is 1. The third-order valence-electron chi connectivity index (χ3n) is 3.93. The Morgan fingerprint density at radius 1 is 1.40 bits per heavy atom. The van der Waals surface area contributed by atoms with Gasteiger partial charge in [-0.05, 0) is 54.3 Å². The first-order chi connectivity index (χ1) is 9.62. The molecule has 0 atom stereocenters. The molecule has 2 N–H and O–H groups in total. The van der Waals surface area contributed by atoms with Crippen molar-refractivity contribution in [2.24, 2.45) is 5.41 Å². The molecule has 1 amide bonds. The van der Waals surface area contributed by atoms with Gasteiger partial charge in [-0.25, -0.2) is 4.39 Å². The normalized spacial score (nSPS) is 16.3. The number of carbonyl (C=O) groups excluding carboxylic acids is 1. The zero-order valence-corrected chi connectivity index (χ0v) is 11.8. The summed E-state index contributed by atoms with van der Waals surface area (Å²) in [4.78, 5) is 12.7. The molecule has 0 bridgehead atoms. The van der Waals surface area contributed by atoms with E-state index >= 15 is 0 Å². The van der Waals surface area contributed by atoms with Crippen molar-refractivity contribution in [3.8, 4) is 0 Å². The largest absolute Gasteiger partial charge is 0.396 e. The van der Waals surface area contributed by atoms with Crippen LogP contribution in [0.5, 0.6) is 0 Å². The molecule has 106 valence electrons. The van der Waals surface area contributed by atoms with Crippen molar-refractivity contribution in [1.29, 1.82) is 0 Å². The van der Waals surface area contributed by atoms with E-state index in [-0.39, 0.29) is 23.7 Å². The topological polar surface area (TPSA) is 49.3 Å². The fourth-order valence-electron chi connectivity index (χ4n) is 2.41.